The van der Waals surface area contributed by atoms with E-state index in [9.17, 15) is 15.0 Å². The van der Waals surface area contributed by atoms with Gasteiger partial charge in [0.1, 0.15) is 18.8 Å². The monoisotopic (exact) mass is 362 g/mol. The molecule has 8 heteroatoms. The van der Waals surface area contributed by atoms with Gasteiger partial charge in [0.2, 0.25) is 5.76 Å². The highest BCUT2D eigenvalue weighted by Gasteiger charge is 2.42. The number of carbonyl (C=O) groups is 1. The lowest BCUT2D eigenvalue weighted by Gasteiger charge is -2.18. The summed E-state index contributed by atoms with van der Waals surface area (Å²) in [5.74, 6) is -1.05. The first-order chi connectivity index (χ1) is 12.0. The van der Waals surface area contributed by atoms with Crippen LogP contribution < -0.4 is 0 Å². The topological polar surface area (TPSA) is 126 Å². The second-order valence-electron chi connectivity index (χ2n) is 6.03. The first-order valence-corrected chi connectivity index (χ1v) is 8.83. The van der Waals surface area contributed by atoms with Crippen molar-refractivity contribution in [1.29, 1.82) is 0 Å². The minimum absolute atomic E-state index is 0.0187. The molecule has 146 valence electrons. The van der Waals surface area contributed by atoms with E-state index >= 15 is 0 Å². The maximum absolute atomic E-state index is 11.9. The molecule has 0 aromatic carbocycles. The normalized spacial score (nSPS) is 19.7. The molecule has 25 heavy (non-hydrogen) atoms. The lowest BCUT2D eigenvalue weighted by Crippen LogP contribution is -2.32. The molecular weight excluding hydrogens is 332 g/mol. The molecule has 0 aromatic heterocycles. The smallest absolute Gasteiger partial charge is 0.378 e. The quantitative estimate of drug-likeness (QED) is 0.255. The number of hydrogen-bond donors (Lipinski definition) is 4. The Morgan fingerprint density at radius 3 is 2.36 bits per heavy atom. The Balaban J connectivity index is 2.62. The lowest BCUT2D eigenvalue weighted by molar-refractivity contribution is -0.149. The fourth-order valence-corrected chi connectivity index (χ4v) is 2.38. The van der Waals surface area contributed by atoms with Gasteiger partial charge in [0.05, 0.1) is 19.8 Å². The van der Waals surface area contributed by atoms with Crippen molar-refractivity contribution >= 4 is 5.97 Å². The summed E-state index contributed by atoms with van der Waals surface area (Å²) >= 11 is 0. The van der Waals surface area contributed by atoms with Crippen LogP contribution in [0.3, 0.4) is 0 Å². The number of aliphatic hydroxyl groups excluding tert-OH is 4. The highest BCUT2D eigenvalue weighted by molar-refractivity contribution is 5.89. The zero-order valence-corrected chi connectivity index (χ0v) is 14.7. The van der Waals surface area contributed by atoms with Gasteiger partial charge in [0.25, 0.3) is 0 Å². The summed E-state index contributed by atoms with van der Waals surface area (Å²) in [5, 5.41) is 37.1. The molecule has 0 spiro atoms. The fraction of sp³-hybridized carbons (Fsp3) is 0.824. The number of rotatable bonds is 14. The number of hydrogen-bond acceptors (Lipinski definition) is 8. The Labute approximate surface area is 148 Å². The molecule has 0 aromatic rings. The van der Waals surface area contributed by atoms with Crippen LogP contribution in [-0.2, 0) is 19.0 Å². The van der Waals surface area contributed by atoms with Gasteiger partial charge in [-0.25, -0.2) is 4.79 Å². The van der Waals surface area contributed by atoms with E-state index in [1.54, 1.807) is 0 Å². The molecule has 0 fully saturated rings. The van der Waals surface area contributed by atoms with Crippen LogP contribution in [0.15, 0.2) is 11.5 Å². The zero-order chi connectivity index (χ0) is 18.7. The lowest BCUT2D eigenvalue weighted by atomic mass is 10.1. The second kappa shape index (κ2) is 12.1. The van der Waals surface area contributed by atoms with Crippen molar-refractivity contribution < 1.29 is 39.4 Å². The number of aliphatic hydroxyl groups is 4. The summed E-state index contributed by atoms with van der Waals surface area (Å²) in [4.78, 5) is 11.9. The molecule has 4 N–H and O–H groups in total. The minimum Gasteiger partial charge on any atom is -0.490 e. The third kappa shape index (κ3) is 7.19. The van der Waals surface area contributed by atoms with E-state index in [-0.39, 0.29) is 18.1 Å². The number of ether oxygens (including phenoxy) is 3. The van der Waals surface area contributed by atoms with Crippen molar-refractivity contribution in [3.63, 3.8) is 0 Å². The zero-order valence-electron chi connectivity index (χ0n) is 14.7. The number of carbonyl (C=O) groups excluding carboxylic acids is 1. The molecule has 0 saturated heterocycles. The number of unbranched alkanes of at least 4 members (excludes halogenated alkanes) is 5. The number of esters is 1. The predicted octanol–water partition coefficient (Wildman–Crippen LogP) is 0.223. The molecule has 1 rings (SSSR count). The van der Waals surface area contributed by atoms with E-state index in [1.165, 1.54) is 19.3 Å². The van der Waals surface area contributed by atoms with Crippen LogP contribution in [0.2, 0.25) is 0 Å². The van der Waals surface area contributed by atoms with Crippen LogP contribution in [0.1, 0.15) is 45.4 Å². The van der Waals surface area contributed by atoms with Gasteiger partial charge in [-0.05, 0) is 6.42 Å². The third-order valence-corrected chi connectivity index (χ3v) is 3.82. The highest BCUT2D eigenvalue weighted by atomic mass is 16.6. The van der Waals surface area contributed by atoms with Crippen molar-refractivity contribution in [2.24, 2.45) is 0 Å². The van der Waals surface area contributed by atoms with E-state index in [4.69, 9.17) is 24.4 Å². The van der Waals surface area contributed by atoms with Crippen LogP contribution in [0.25, 0.3) is 0 Å². The average molecular weight is 362 g/mol. The summed E-state index contributed by atoms with van der Waals surface area (Å²) in [6, 6.07) is 0. The van der Waals surface area contributed by atoms with Gasteiger partial charge in [-0.2, -0.15) is 0 Å². The molecule has 0 radical (unpaired) electrons. The summed E-state index contributed by atoms with van der Waals surface area (Å²) < 4.78 is 15.8. The van der Waals surface area contributed by atoms with Crippen LogP contribution in [0, 0.1) is 0 Å². The van der Waals surface area contributed by atoms with Crippen molar-refractivity contribution in [1.82, 2.24) is 0 Å². The largest absolute Gasteiger partial charge is 0.490 e. The summed E-state index contributed by atoms with van der Waals surface area (Å²) in [5.41, 5.74) is 0. The Kier molecular flexibility index (Phi) is 10.5. The third-order valence-electron chi connectivity index (χ3n) is 3.82. The highest BCUT2D eigenvalue weighted by Crippen LogP contribution is 2.27. The molecule has 8 nitrogen and oxygen atoms in total. The maximum Gasteiger partial charge on any atom is 0.378 e. The van der Waals surface area contributed by atoms with Gasteiger partial charge in [0, 0.05) is 0 Å². The second-order valence-corrected chi connectivity index (χ2v) is 6.03. The Morgan fingerprint density at radius 2 is 1.72 bits per heavy atom. The number of cyclic esters (lactones) is 1. The van der Waals surface area contributed by atoms with E-state index in [0.717, 1.165) is 19.3 Å². The molecule has 1 aliphatic heterocycles. The van der Waals surface area contributed by atoms with Crippen LogP contribution in [0.4, 0.5) is 0 Å². The van der Waals surface area contributed by atoms with Crippen molar-refractivity contribution in [3.8, 4) is 0 Å². The molecular formula is C17H30O8. The first kappa shape index (κ1) is 21.7. The summed E-state index contributed by atoms with van der Waals surface area (Å²) in [6.07, 6.45) is 2.77. The molecule has 0 aliphatic carbocycles. The predicted molar refractivity (Wildman–Crippen MR) is 88.4 cm³/mol. The van der Waals surface area contributed by atoms with Crippen LogP contribution >= 0.6 is 0 Å². The Hall–Kier alpha value is -1.35. The summed E-state index contributed by atoms with van der Waals surface area (Å²) in [7, 11) is 0. The SMILES string of the molecule is CCCCCCCCOC1=C(OCC(O)CO)C(=O)O[C@@H]1C(O)CO. The average Bonchev–Trinajstić information content (AvgIpc) is 2.93. The van der Waals surface area contributed by atoms with Gasteiger partial charge >= 0.3 is 5.97 Å². The molecule has 1 aliphatic rings. The Morgan fingerprint density at radius 1 is 1.04 bits per heavy atom. The standard InChI is InChI=1S/C17H30O8/c1-2-3-4-5-6-7-8-23-15-14(13(21)10-19)25-17(22)16(15)24-11-12(20)9-18/h12-14,18-21H,2-11H2,1H3/t12?,13?,14-/m1/s1. The van der Waals surface area contributed by atoms with Gasteiger partial charge in [-0.15, -0.1) is 0 Å². The fourth-order valence-electron chi connectivity index (χ4n) is 2.38. The molecule has 3 atom stereocenters. The van der Waals surface area contributed by atoms with E-state index < -0.39 is 37.5 Å². The Bertz CT molecular complexity index is 423. The molecule has 0 bridgehead atoms. The first-order valence-electron chi connectivity index (χ1n) is 8.83. The van der Waals surface area contributed by atoms with E-state index in [2.05, 4.69) is 6.92 Å². The van der Waals surface area contributed by atoms with Gasteiger partial charge < -0.3 is 34.6 Å². The van der Waals surface area contributed by atoms with Gasteiger partial charge in [-0.3, -0.25) is 0 Å². The van der Waals surface area contributed by atoms with Gasteiger partial charge in [0.15, 0.2) is 11.9 Å². The van der Waals surface area contributed by atoms with Crippen LogP contribution in [0.5, 0.6) is 0 Å². The van der Waals surface area contributed by atoms with Crippen LogP contribution in [-0.4, -0.2) is 71.1 Å². The van der Waals surface area contributed by atoms with Crippen molar-refractivity contribution in [2.45, 2.75) is 63.8 Å². The van der Waals surface area contributed by atoms with Gasteiger partial charge in [-0.1, -0.05) is 39.0 Å². The molecule has 2 unspecified atom stereocenters. The van der Waals surface area contributed by atoms with E-state index in [0.29, 0.717) is 6.61 Å². The van der Waals surface area contributed by atoms with Crippen molar-refractivity contribution in [2.75, 3.05) is 26.4 Å². The molecule has 0 amide bonds. The molecule has 1 heterocycles. The summed E-state index contributed by atoms with van der Waals surface area (Å²) in [6.45, 7) is 1.04. The maximum atomic E-state index is 11.9. The minimum atomic E-state index is -1.33. The van der Waals surface area contributed by atoms with E-state index in [1.807, 2.05) is 0 Å². The molecule has 0 saturated carbocycles. The van der Waals surface area contributed by atoms with Crippen molar-refractivity contribution in [3.05, 3.63) is 11.5 Å².